The molecular formula is C21H24N10. The number of nitriles is 2. The highest BCUT2D eigenvalue weighted by molar-refractivity contribution is 5.94. The van der Waals surface area contributed by atoms with Crippen LogP contribution in [0.1, 0.15) is 43.4 Å². The molecule has 10 nitrogen and oxygen atoms in total. The van der Waals surface area contributed by atoms with E-state index in [1.165, 1.54) is 12.8 Å². The van der Waals surface area contributed by atoms with Crippen molar-refractivity contribution in [2.24, 2.45) is 0 Å². The second-order valence-corrected chi connectivity index (χ2v) is 8.34. The summed E-state index contributed by atoms with van der Waals surface area (Å²) in [4.78, 5) is 14.9. The van der Waals surface area contributed by atoms with Crippen molar-refractivity contribution in [3.05, 3.63) is 23.5 Å². The van der Waals surface area contributed by atoms with Gasteiger partial charge in [0, 0.05) is 49.0 Å². The molecule has 2 aliphatic rings. The van der Waals surface area contributed by atoms with Crippen LogP contribution >= 0.6 is 0 Å². The van der Waals surface area contributed by atoms with Crippen molar-refractivity contribution in [3.8, 4) is 12.1 Å². The molecule has 0 saturated carbocycles. The third kappa shape index (κ3) is 3.66. The maximum Gasteiger partial charge on any atom is 0.226 e. The Morgan fingerprint density at radius 1 is 1.23 bits per heavy atom. The molecule has 2 unspecified atom stereocenters. The first-order valence-electron chi connectivity index (χ1n) is 10.6. The van der Waals surface area contributed by atoms with Gasteiger partial charge in [-0.3, -0.25) is 10.00 Å². The number of H-pyrrole nitrogens is 2. The molecule has 3 aromatic rings. The van der Waals surface area contributed by atoms with Gasteiger partial charge < -0.3 is 15.6 Å². The molecule has 31 heavy (non-hydrogen) atoms. The van der Waals surface area contributed by atoms with E-state index in [1.807, 2.05) is 13.0 Å². The zero-order valence-corrected chi connectivity index (χ0v) is 17.3. The Bertz CT molecular complexity index is 1170. The van der Waals surface area contributed by atoms with Gasteiger partial charge in [0.25, 0.3) is 0 Å². The van der Waals surface area contributed by atoms with Gasteiger partial charge in [0.1, 0.15) is 17.5 Å². The minimum Gasteiger partial charge on any atom is -0.351 e. The normalized spacial score (nSPS) is 22.9. The highest BCUT2D eigenvalue weighted by Crippen LogP contribution is 2.37. The number of nitrogens with zero attached hydrogens (tertiary/aromatic N) is 6. The molecule has 0 radical (unpaired) electrons. The minimum absolute atomic E-state index is 0.277. The maximum absolute atomic E-state index is 9.49. The van der Waals surface area contributed by atoms with Gasteiger partial charge in [-0.1, -0.05) is 0 Å². The molecule has 4 N–H and O–H groups in total. The predicted octanol–water partition coefficient (Wildman–Crippen LogP) is 2.93. The smallest absolute Gasteiger partial charge is 0.226 e. The van der Waals surface area contributed by atoms with E-state index >= 15 is 0 Å². The van der Waals surface area contributed by atoms with Gasteiger partial charge in [-0.05, 0) is 32.6 Å². The Kier molecular flexibility index (Phi) is 4.92. The average molecular weight is 416 g/mol. The molecule has 0 aromatic carbocycles. The molecule has 0 amide bonds. The first-order chi connectivity index (χ1) is 15.1. The highest BCUT2D eigenvalue weighted by atomic mass is 15.3. The van der Waals surface area contributed by atoms with Crippen LogP contribution in [0.15, 0.2) is 12.3 Å². The van der Waals surface area contributed by atoms with E-state index in [0.29, 0.717) is 52.7 Å². The topological polar surface area (TPSA) is 145 Å². The third-order valence-corrected chi connectivity index (χ3v) is 6.30. The first-order valence-corrected chi connectivity index (χ1v) is 10.6. The lowest BCUT2D eigenvalue weighted by Crippen LogP contribution is -2.47. The average Bonchev–Trinajstić information content (AvgIpc) is 3.42. The van der Waals surface area contributed by atoms with Crippen LogP contribution < -0.4 is 10.6 Å². The fourth-order valence-corrected chi connectivity index (χ4v) is 5.00. The van der Waals surface area contributed by atoms with Crippen LogP contribution in [0.25, 0.3) is 11.0 Å². The summed E-state index contributed by atoms with van der Waals surface area (Å²) in [5.74, 6) is 1.71. The predicted molar refractivity (Wildman–Crippen MR) is 116 cm³/mol. The molecule has 10 heteroatoms. The van der Waals surface area contributed by atoms with Crippen LogP contribution in [0.5, 0.6) is 0 Å². The molecule has 0 aliphatic carbocycles. The lowest BCUT2D eigenvalue weighted by Gasteiger charge is -2.38. The summed E-state index contributed by atoms with van der Waals surface area (Å²) >= 11 is 0. The molecule has 3 atom stereocenters. The van der Waals surface area contributed by atoms with Crippen molar-refractivity contribution < 1.29 is 0 Å². The number of fused-ring (bicyclic) bond motifs is 3. The lowest BCUT2D eigenvalue weighted by atomic mass is 9.97. The first kappa shape index (κ1) is 19.3. The van der Waals surface area contributed by atoms with Crippen LogP contribution in [0, 0.1) is 29.6 Å². The van der Waals surface area contributed by atoms with Gasteiger partial charge in [0.2, 0.25) is 5.95 Å². The van der Waals surface area contributed by atoms with Gasteiger partial charge >= 0.3 is 0 Å². The fourth-order valence-electron chi connectivity index (χ4n) is 5.00. The number of nitrogens with one attached hydrogen (secondary N) is 4. The molecule has 2 saturated heterocycles. The van der Waals surface area contributed by atoms with Crippen molar-refractivity contribution in [2.75, 3.05) is 17.2 Å². The second kappa shape index (κ2) is 7.89. The van der Waals surface area contributed by atoms with Crippen molar-refractivity contribution in [3.63, 3.8) is 0 Å². The number of hydrogen-bond acceptors (Lipinski definition) is 8. The maximum atomic E-state index is 9.49. The SMILES string of the molecule is Cc1cc(Nc2nc(NC3CC4CC[C@@H](C3)N4CCC#N)nc3[nH]cc(C#N)c23)n[nH]1. The van der Waals surface area contributed by atoms with E-state index in [1.54, 1.807) is 6.20 Å². The molecule has 3 aromatic heterocycles. The summed E-state index contributed by atoms with van der Waals surface area (Å²) in [5.41, 5.74) is 2.03. The molecule has 5 heterocycles. The van der Waals surface area contributed by atoms with Gasteiger partial charge in [-0.25, -0.2) is 0 Å². The number of aromatic nitrogens is 5. The van der Waals surface area contributed by atoms with Gasteiger partial charge in [0.05, 0.1) is 17.0 Å². The summed E-state index contributed by atoms with van der Waals surface area (Å²) in [6.07, 6.45) is 6.62. The van der Waals surface area contributed by atoms with Crippen LogP contribution in [0.3, 0.4) is 0 Å². The van der Waals surface area contributed by atoms with Crippen molar-refractivity contribution in [2.45, 2.75) is 57.2 Å². The highest BCUT2D eigenvalue weighted by Gasteiger charge is 2.40. The van der Waals surface area contributed by atoms with E-state index in [9.17, 15) is 5.26 Å². The fraction of sp³-hybridized carbons (Fsp3) is 0.476. The van der Waals surface area contributed by atoms with Gasteiger partial charge in [0.15, 0.2) is 5.82 Å². The molecule has 2 bridgehead atoms. The minimum atomic E-state index is 0.277. The molecule has 2 fully saturated rings. The zero-order valence-electron chi connectivity index (χ0n) is 17.3. The molecule has 2 aliphatic heterocycles. The Balaban J connectivity index is 1.40. The van der Waals surface area contributed by atoms with Gasteiger partial charge in [-0.2, -0.15) is 25.6 Å². The summed E-state index contributed by atoms with van der Waals surface area (Å²) in [6, 6.07) is 7.64. The van der Waals surface area contributed by atoms with Crippen LogP contribution in [-0.2, 0) is 0 Å². The zero-order chi connectivity index (χ0) is 21.4. The van der Waals surface area contributed by atoms with Crippen LogP contribution in [0.4, 0.5) is 17.6 Å². The third-order valence-electron chi connectivity index (χ3n) is 6.30. The monoisotopic (exact) mass is 416 g/mol. The molecule has 0 spiro atoms. The molecule has 158 valence electrons. The van der Waals surface area contributed by atoms with E-state index in [0.717, 1.165) is 25.1 Å². The Labute approximate surface area is 179 Å². The number of hydrogen-bond donors (Lipinski definition) is 4. The van der Waals surface area contributed by atoms with Crippen LogP contribution in [-0.4, -0.2) is 54.7 Å². The Morgan fingerprint density at radius 3 is 2.71 bits per heavy atom. The second-order valence-electron chi connectivity index (χ2n) is 8.34. The van der Waals surface area contributed by atoms with Crippen molar-refractivity contribution in [1.82, 2.24) is 30.0 Å². The summed E-state index contributed by atoms with van der Waals surface area (Å²) in [7, 11) is 0. The quantitative estimate of drug-likeness (QED) is 0.480. The Morgan fingerprint density at radius 2 is 2.03 bits per heavy atom. The van der Waals surface area contributed by atoms with E-state index < -0.39 is 0 Å². The van der Waals surface area contributed by atoms with E-state index in [4.69, 9.17) is 10.2 Å². The van der Waals surface area contributed by atoms with Crippen molar-refractivity contribution in [1.29, 1.82) is 10.5 Å². The van der Waals surface area contributed by atoms with Gasteiger partial charge in [-0.15, -0.1) is 0 Å². The number of rotatable bonds is 6. The number of aryl methyl sites for hydroxylation is 1. The number of anilines is 3. The largest absolute Gasteiger partial charge is 0.351 e. The lowest BCUT2D eigenvalue weighted by molar-refractivity contribution is 0.135. The standard InChI is InChI=1S/C21H24N10/c1-12-7-17(30-29-12)26-20-18-13(10-23)11-24-19(18)27-21(28-20)25-14-8-15-3-4-16(9-14)31(15)6-2-5-22/h7,11,14-16H,2-4,6,8-9H2,1H3,(H4,24,25,26,27,28,29,30)/t14?,15-,16?/m0/s1. The van der Waals surface area contributed by atoms with Crippen LogP contribution in [0.2, 0.25) is 0 Å². The summed E-state index contributed by atoms with van der Waals surface area (Å²) in [5, 5.41) is 33.0. The number of aromatic amines is 2. The summed E-state index contributed by atoms with van der Waals surface area (Å²) in [6.45, 7) is 2.78. The molecule has 5 rings (SSSR count). The van der Waals surface area contributed by atoms with E-state index in [2.05, 4.69) is 47.8 Å². The van der Waals surface area contributed by atoms with Crippen molar-refractivity contribution >= 4 is 28.6 Å². The Hall–Kier alpha value is -3.63. The summed E-state index contributed by atoms with van der Waals surface area (Å²) < 4.78 is 0. The number of piperidine rings is 1. The van der Waals surface area contributed by atoms with E-state index in [-0.39, 0.29) is 6.04 Å². The molecular weight excluding hydrogens is 392 g/mol.